The Morgan fingerprint density at radius 1 is 1.20 bits per heavy atom. The van der Waals surface area contributed by atoms with Gasteiger partial charge in [-0.15, -0.1) is 0 Å². The highest BCUT2D eigenvalue weighted by Crippen LogP contribution is 2.21. The van der Waals surface area contributed by atoms with E-state index in [1.54, 1.807) is 0 Å². The Bertz CT molecular complexity index is 585. The van der Waals surface area contributed by atoms with Crippen molar-refractivity contribution in [2.45, 2.75) is 13.1 Å². The Hall–Kier alpha value is -0.910. The molecule has 0 aliphatic rings. The predicted octanol–water partition coefficient (Wildman–Crippen LogP) is 4.28. The maximum absolute atomic E-state index is 4.40. The highest BCUT2D eigenvalue weighted by Gasteiger charge is 2.03. The van der Waals surface area contributed by atoms with Crippen LogP contribution in [0.25, 0.3) is 0 Å². The van der Waals surface area contributed by atoms with E-state index in [1.807, 2.05) is 12.3 Å². The number of hydrogen-bond acceptors (Lipinski definition) is 3. The van der Waals surface area contributed by atoms with Gasteiger partial charge in [0, 0.05) is 27.4 Å². The van der Waals surface area contributed by atoms with Gasteiger partial charge in [-0.25, -0.2) is 0 Å². The third-order valence-corrected chi connectivity index (χ3v) is 3.89. The molecule has 1 heterocycles. The lowest BCUT2D eigenvalue weighted by atomic mass is 10.2. The number of nitrogens with one attached hydrogen (secondary N) is 1. The number of nitrogens with zero attached hydrogens (tertiary/aromatic N) is 2. The Balaban J connectivity index is 2.03. The average Bonchev–Trinajstić information content (AvgIpc) is 2.37. The molecule has 0 radical (unpaired) electrons. The van der Waals surface area contributed by atoms with E-state index in [2.05, 4.69) is 85.4 Å². The lowest BCUT2D eigenvalue weighted by molar-refractivity contribution is 0.402. The number of rotatable bonds is 5. The summed E-state index contributed by atoms with van der Waals surface area (Å²) in [5, 5.41) is 3.41. The summed E-state index contributed by atoms with van der Waals surface area (Å²) < 4.78 is 1.98. The van der Waals surface area contributed by atoms with Gasteiger partial charge < -0.3 is 10.2 Å². The Morgan fingerprint density at radius 2 is 2.00 bits per heavy atom. The molecule has 0 aliphatic carbocycles. The summed E-state index contributed by atoms with van der Waals surface area (Å²) in [6.07, 6.45) is 1.81. The van der Waals surface area contributed by atoms with Crippen molar-refractivity contribution in [3.63, 3.8) is 0 Å². The van der Waals surface area contributed by atoms with Crippen LogP contribution >= 0.6 is 31.9 Å². The monoisotopic (exact) mass is 397 g/mol. The molecule has 1 aromatic carbocycles. The zero-order valence-corrected chi connectivity index (χ0v) is 14.7. The number of benzene rings is 1. The van der Waals surface area contributed by atoms with E-state index in [0.29, 0.717) is 6.54 Å². The van der Waals surface area contributed by atoms with E-state index in [1.165, 1.54) is 5.56 Å². The van der Waals surface area contributed by atoms with E-state index < -0.39 is 0 Å². The van der Waals surface area contributed by atoms with Gasteiger partial charge in [-0.05, 0) is 69.7 Å². The van der Waals surface area contributed by atoms with Crippen LogP contribution in [0.3, 0.4) is 0 Å². The van der Waals surface area contributed by atoms with Crippen molar-refractivity contribution in [3.05, 3.63) is 56.7 Å². The van der Waals surface area contributed by atoms with Gasteiger partial charge in [-0.2, -0.15) is 0 Å². The van der Waals surface area contributed by atoms with Gasteiger partial charge in [0.15, 0.2) is 0 Å². The van der Waals surface area contributed by atoms with Crippen LogP contribution in [0, 0.1) is 0 Å². The van der Waals surface area contributed by atoms with Crippen LogP contribution in [-0.2, 0) is 13.1 Å². The van der Waals surface area contributed by atoms with Crippen LogP contribution in [0.2, 0.25) is 0 Å². The Labute approximate surface area is 136 Å². The first-order valence-corrected chi connectivity index (χ1v) is 7.90. The van der Waals surface area contributed by atoms with Crippen LogP contribution in [0.15, 0.2) is 45.5 Å². The van der Waals surface area contributed by atoms with E-state index in [0.717, 1.165) is 26.9 Å². The molecule has 0 spiro atoms. The first-order valence-electron chi connectivity index (χ1n) is 6.32. The number of pyridine rings is 1. The van der Waals surface area contributed by atoms with Gasteiger partial charge in [0.05, 0.1) is 12.2 Å². The summed E-state index contributed by atoms with van der Waals surface area (Å²) in [6.45, 7) is 1.63. The molecule has 5 heteroatoms. The van der Waals surface area contributed by atoms with Gasteiger partial charge in [0.1, 0.15) is 0 Å². The van der Waals surface area contributed by atoms with Crippen molar-refractivity contribution in [1.29, 1.82) is 0 Å². The lowest BCUT2D eigenvalue weighted by Crippen LogP contribution is -2.11. The standard InChI is InChI=1S/C15H17Br2N3/c1-20(2)10-11-4-3-5-13(6-11)18-9-15-14(17)7-12(16)8-19-15/h3-8,18H,9-10H2,1-2H3. The van der Waals surface area contributed by atoms with Crippen molar-refractivity contribution in [2.75, 3.05) is 19.4 Å². The largest absolute Gasteiger partial charge is 0.379 e. The SMILES string of the molecule is CN(C)Cc1cccc(NCc2ncc(Br)cc2Br)c1. The fourth-order valence-electron chi connectivity index (χ4n) is 1.90. The van der Waals surface area contributed by atoms with Gasteiger partial charge in [0.25, 0.3) is 0 Å². The first-order chi connectivity index (χ1) is 9.54. The third-order valence-electron chi connectivity index (χ3n) is 2.77. The molecule has 0 saturated heterocycles. The number of hydrogen-bond donors (Lipinski definition) is 1. The second kappa shape index (κ2) is 7.20. The van der Waals surface area contributed by atoms with Crippen LogP contribution < -0.4 is 5.32 Å². The molecule has 0 aliphatic heterocycles. The second-order valence-corrected chi connectivity index (χ2v) is 6.64. The summed E-state index contributed by atoms with van der Waals surface area (Å²) in [4.78, 5) is 6.56. The Morgan fingerprint density at radius 3 is 2.70 bits per heavy atom. The normalized spacial score (nSPS) is 10.8. The molecule has 0 bridgehead atoms. The van der Waals surface area contributed by atoms with Crippen LogP contribution in [0.5, 0.6) is 0 Å². The molecule has 20 heavy (non-hydrogen) atoms. The predicted molar refractivity (Wildman–Crippen MR) is 90.8 cm³/mol. The molecule has 0 saturated carbocycles. The number of halogens is 2. The van der Waals surface area contributed by atoms with Crippen molar-refractivity contribution < 1.29 is 0 Å². The van der Waals surface area contributed by atoms with Gasteiger partial charge >= 0.3 is 0 Å². The summed E-state index contributed by atoms with van der Waals surface area (Å²) in [7, 11) is 4.14. The summed E-state index contributed by atoms with van der Waals surface area (Å²) >= 11 is 6.94. The molecule has 1 aromatic heterocycles. The maximum Gasteiger partial charge on any atom is 0.0737 e. The zero-order valence-electron chi connectivity index (χ0n) is 11.5. The molecule has 2 rings (SSSR count). The molecule has 2 aromatic rings. The van der Waals surface area contributed by atoms with Crippen molar-refractivity contribution in [1.82, 2.24) is 9.88 Å². The lowest BCUT2D eigenvalue weighted by Gasteiger charge is -2.12. The molecule has 106 valence electrons. The molecule has 3 nitrogen and oxygen atoms in total. The summed E-state index contributed by atoms with van der Waals surface area (Å²) in [5.41, 5.74) is 3.40. The van der Waals surface area contributed by atoms with Gasteiger partial charge in [-0.3, -0.25) is 4.98 Å². The van der Waals surface area contributed by atoms with Gasteiger partial charge in [0.2, 0.25) is 0 Å². The smallest absolute Gasteiger partial charge is 0.0737 e. The van der Waals surface area contributed by atoms with Gasteiger partial charge in [-0.1, -0.05) is 12.1 Å². The number of aromatic nitrogens is 1. The third kappa shape index (κ3) is 4.58. The highest BCUT2D eigenvalue weighted by atomic mass is 79.9. The molecule has 0 amide bonds. The summed E-state index contributed by atoms with van der Waals surface area (Å²) in [6, 6.07) is 10.5. The minimum absolute atomic E-state index is 0.694. The van der Waals surface area contributed by atoms with Crippen molar-refractivity contribution >= 4 is 37.5 Å². The fourth-order valence-corrected chi connectivity index (χ4v) is 3.03. The molecular weight excluding hydrogens is 382 g/mol. The zero-order chi connectivity index (χ0) is 14.5. The Kier molecular flexibility index (Phi) is 5.57. The topological polar surface area (TPSA) is 28.2 Å². The van der Waals surface area contributed by atoms with Crippen molar-refractivity contribution in [3.8, 4) is 0 Å². The quantitative estimate of drug-likeness (QED) is 0.814. The maximum atomic E-state index is 4.40. The first kappa shape index (κ1) is 15.5. The number of anilines is 1. The molecule has 0 atom stereocenters. The van der Waals surface area contributed by atoms with E-state index in [-0.39, 0.29) is 0 Å². The molecule has 0 unspecified atom stereocenters. The van der Waals surface area contributed by atoms with Crippen LogP contribution in [0.4, 0.5) is 5.69 Å². The molecular formula is C15H17Br2N3. The van der Waals surface area contributed by atoms with Crippen molar-refractivity contribution in [2.24, 2.45) is 0 Å². The van der Waals surface area contributed by atoms with E-state index in [9.17, 15) is 0 Å². The molecule has 1 N–H and O–H groups in total. The van der Waals surface area contributed by atoms with E-state index >= 15 is 0 Å². The minimum atomic E-state index is 0.694. The average molecular weight is 399 g/mol. The van der Waals surface area contributed by atoms with Crippen LogP contribution in [0.1, 0.15) is 11.3 Å². The van der Waals surface area contributed by atoms with Crippen LogP contribution in [-0.4, -0.2) is 24.0 Å². The second-order valence-electron chi connectivity index (χ2n) is 4.87. The minimum Gasteiger partial charge on any atom is -0.379 e. The highest BCUT2D eigenvalue weighted by molar-refractivity contribution is 9.11. The fraction of sp³-hybridized carbons (Fsp3) is 0.267. The summed E-state index contributed by atoms with van der Waals surface area (Å²) in [5.74, 6) is 0. The van der Waals surface area contributed by atoms with E-state index in [4.69, 9.17) is 0 Å². The molecule has 0 fully saturated rings.